The summed E-state index contributed by atoms with van der Waals surface area (Å²) in [7, 11) is 0. The fourth-order valence-corrected chi connectivity index (χ4v) is 2.94. The molecule has 1 aromatic carbocycles. The van der Waals surface area contributed by atoms with E-state index in [9.17, 15) is 39.0 Å². The molecule has 0 spiro atoms. The fourth-order valence-electron chi connectivity index (χ4n) is 2.94. The molecule has 0 saturated carbocycles. The number of phenolic OH excluding ortho intramolecular Hbond substituents is 1. The van der Waals surface area contributed by atoms with Crippen LogP contribution in [0.4, 0.5) is 0 Å². The van der Waals surface area contributed by atoms with E-state index >= 15 is 0 Å². The van der Waals surface area contributed by atoms with Gasteiger partial charge in [0.2, 0.25) is 17.7 Å². The van der Waals surface area contributed by atoms with Crippen molar-refractivity contribution >= 4 is 35.6 Å². The molecular formula is C21H28N4O11. The zero-order valence-electron chi connectivity index (χ0n) is 19.1. The Morgan fingerprint density at radius 2 is 1.31 bits per heavy atom. The Kier molecular flexibility index (Phi) is 11.3. The van der Waals surface area contributed by atoms with Crippen LogP contribution in [0.15, 0.2) is 24.3 Å². The summed E-state index contributed by atoms with van der Waals surface area (Å²) in [5, 5.41) is 52.2. The van der Waals surface area contributed by atoms with E-state index in [1.165, 1.54) is 24.3 Å². The summed E-state index contributed by atoms with van der Waals surface area (Å²) in [6.07, 6.45) is -3.55. The van der Waals surface area contributed by atoms with Crippen LogP contribution in [-0.4, -0.2) is 91.4 Å². The standard InChI is InChI=1S/C21H28N4O11/c1-9(26)17(20(34)24-14(21(35)36)8-16(30)31)25-19(33)13(7-15(28)29)23-18(32)12(22)6-10-2-4-11(27)5-3-10/h2-5,9,12-14,17,26-27H,6-8,22H2,1H3,(H,23,32)(H,24,34)(H,25,33)(H,28,29)(H,30,31)(H,35,36). The number of aliphatic carboxylic acids is 3. The van der Waals surface area contributed by atoms with Gasteiger partial charge in [-0.05, 0) is 31.0 Å². The van der Waals surface area contributed by atoms with E-state index in [1.807, 2.05) is 10.6 Å². The molecule has 0 radical (unpaired) electrons. The summed E-state index contributed by atoms with van der Waals surface area (Å²) in [6.45, 7) is 1.07. The fraction of sp³-hybridized carbons (Fsp3) is 0.429. The normalized spacial score (nSPS) is 14.9. The van der Waals surface area contributed by atoms with Crippen molar-refractivity contribution in [2.75, 3.05) is 0 Å². The van der Waals surface area contributed by atoms with Gasteiger partial charge in [0.05, 0.1) is 25.0 Å². The first kappa shape index (κ1) is 29.8. The SMILES string of the molecule is CC(O)C(NC(=O)C(CC(=O)O)NC(=O)C(N)Cc1ccc(O)cc1)C(=O)NC(CC(=O)O)C(=O)O. The summed E-state index contributed by atoms with van der Waals surface area (Å²) >= 11 is 0. The molecule has 0 aliphatic rings. The van der Waals surface area contributed by atoms with Crippen molar-refractivity contribution in [3.05, 3.63) is 29.8 Å². The number of nitrogens with one attached hydrogen (secondary N) is 3. The van der Waals surface area contributed by atoms with E-state index in [0.717, 1.165) is 6.92 Å². The number of aromatic hydroxyl groups is 1. The number of phenols is 1. The first-order valence-electron chi connectivity index (χ1n) is 10.5. The van der Waals surface area contributed by atoms with E-state index in [2.05, 4.69) is 5.32 Å². The highest BCUT2D eigenvalue weighted by Gasteiger charge is 2.34. The molecule has 36 heavy (non-hydrogen) atoms. The van der Waals surface area contributed by atoms with E-state index in [0.29, 0.717) is 5.56 Å². The lowest BCUT2D eigenvalue weighted by molar-refractivity contribution is -0.148. The van der Waals surface area contributed by atoms with Crippen molar-refractivity contribution in [1.82, 2.24) is 16.0 Å². The van der Waals surface area contributed by atoms with Crippen LogP contribution in [0.3, 0.4) is 0 Å². The van der Waals surface area contributed by atoms with Crippen LogP contribution in [0.2, 0.25) is 0 Å². The number of hydrogen-bond donors (Lipinski definition) is 9. The third-order valence-corrected chi connectivity index (χ3v) is 4.80. The van der Waals surface area contributed by atoms with Crippen molar-refractivity contribution < 1.29 is 54.3 Å². The Morgan fingerprint density at radius 3 is 1.78 bits per heavy atom. The number of hydrogen-bond acceptors (Lipinski definition) is 9. The quantitative estimate of drug-likeness (QED) is 0.122. The minimum absolute atomic E-state index is 0.00990. The molecule has 1 rings (SSSR count). The van der Waals surface area contributed by atoms with Gasteiger partial charge >= 0.3 is 17.9 Å². The molecule has 10 N–H and O–H groups in total. The van der Waals surface area contributed by atoms with E-state index in [-0.39, 0.29) is 12.2 Å². The lowest BCUT2D eigenvalue weighted by Crippen LogP contribution is -2.60. The van der Waals surface area contributed by atoms with Crippen LogP contribution in [0.25, 0.3) is 0 Å². The maximum absolute atomic E-state index is 12.7. The second-order valence-electron chi connectivity index (χ2n) is 7.86. The summed E-state index contributed by atoms with van der Waals surface area (Å²) < 4.78 is 0. The Morgan fingerprint density at radius 1 is 0.806 bits per heavy atom. The predicted molar refractivity (Wildman–Crippen MR) is 119 cm³/mol. The molecule has 5 unspecified atom stereocenters. The third-order valence-electron chi connectivity index (χ3n) is 4.80. The predicted octanol–water partition coefficient (Wildman–Crippen LogP) is -2.87. The molecule has 0 fully saturated rings. The molecule has 0 aliphatic heterocycles. The molecule has 15 heteroatoms. The second kappa shape index (κ2) is 13.6. The molecule has 5 atom stereocenters. The number of carbonyl (C=O) groups is 6. The number of rotatable bonds is 14. The van der Waals surface area contributed by atoms with Gasteiger partial charge < -0.3 is 47.2 Å². The van der Waals surface area contributed by atoms with Gasteiger partial charge in [-0.1, -0.05) is 12.1 Å². The van der Waals surface area contributed by atoms with Crippen molar-refractivity contribution in [2.45, 2.75) is 56.5 Å². The Bertz CT molecular complexity index is 981. The number of benzene rings is 1. The molecule has 0 heterocycles. The number of carbonyl (C=O) groups excluding carboxylic acids is 3. The van der Waals surface area contributed by atoms with Gasteiger partial charge in [-0.3, -0.25) is 24.0 Å². The summed E-state index contributed by atoms with van der Waals surface area (Å²) in [5.74, 6) is -8.08. The molecule has 0 aliphatic carbocycles. The second-order valence-corrected chi connectivity index (χ2v) is 7.86. The lowest BCUT2D eigenvalue weighted by Gasteiger charge is -2.25. The largest absolute Gasteiger partial charge is 0.508 e. The third kappa shape index (κ3) is 9.94. The lowest BCUT2D eigenvalue weighted by atomic mass is 10.0. The average Bonchev–Trinajstić information content (AvgIpc) is 2.76. The molecule has 15 nitrogen and oxygen atoms in total. The number of aliphatic hydroxyl groups is 1. The maximum Gasteiger partial charge on any atom is 0.326 e. The number of amides is 3. The minimum atomic E-state index is -1.87. The van der Waals surface area contributed by atoms with Crippen LogP contribution < -0.4 is 21.7 Å². The maximum atomic E-state index is 12.7. The summed E-state index contributed by atoms with van der Waals surface area (Å²) in [5.41, 5.74) is 6.39. The molecule has 0 bridgehead atoms. The first-order chi connectivity index (χ1) is 16.7. The molecule has 1 aromatic rings. The number of carboxylic acids is 3. The van der Waals surface area contributed by atoms with Gasteiger partial charge in [-0.2, -0.15) is 0 Å². The smallest absolute Gasteiger partial charge is 0.326 e. The molecule has 0 saturated heterocycles. The van der Waals surface area contributed by atoms with Crippen LogP contribution in [0.5, 0.6) is 5.75 Å². The van der Waals surface area contributed by atoms with E-state index < -0.39 is 78.7 Å². The van der Waals surface area contributed by atoms with E-state index in [4.69, 9.17) is 21.1 Å². The van der Waals surface area contributed by atoms with Gasteiger partial charge in [0, 0.05) is 0 Å². The first-order valence-corrected chi connectivity index (χ1v) is 10.5. The average molecular weight is 512 g/mol. The number of aliphatic hydroxyl groups excluding tert-OH is 1. The monoisotopic (exact) mass is 512 g/mol. The van der Waals surface area contributed by atoms with Crippen molar-refractivity contribution in [3.63, 3.8) is 0 Å². The molecule has 198 valence electrons. The molecular weight excluding hydrogens is 484 g/mol. The Hall–Kier alpha value is -4.24. The number of nitrogens with two attached hydrogens (primary N) is 1. The summed E-state index contributed by atoms with van der Waals surface area (Å²) in [6, 6.07) is -0.895. The molecule has 3 amide bonds. The highest BCUT2D eigenvalue weighted by atomic mass is 16.4. The van der Waals surface area contributed by atoms with Crippen LogP contribution in [0, 0.1) is 0 Å². The van der Waals surface area contributed by atoms with Crippen LogP contribution >= 0.6 is 0 Å². The zero-order valence-corrected chi connectivity index (χ0v) is 19.1. The topological polar surface area (TPSA) is 266 Å². The summed E-state index contributed by atoms with van der Waals surface area (Å²) in [4.78, 5) is 70.8. The van der Waals surface area contributed by atoms with Gasteiger partial charge in [0.1, 0.15) is 23.9 Å². The van der Waals surface area contributed by atoms with Crippen molar-refractivity contribution in [3.8, 4) is 5.75 Å². The Balaban J connectivity index is 2.95. The van der Waals surface area contributed by atoms with Gasteiger partial charge in [0.25, 0.3) is 0 Å². The zero-order chi connectivity index (χ0) is 27.6. The minimum Gasteiger partial charge on any atom is -0.508 e. The van der Waals surface area contributed by atoms with E-state index in [1.54, 1.807) is 0 Å². The highest BCUT2D eigenvalue weighted by molar-refractivity contribution is 5.96. The van der Waals surface area contributed by atoms with Crippen molar-refractivity contribution in [1.29, 1.82) is 0 Å². The Labute approximate surface area is 204 Å². The van der Waals surface area contributed by atoms with Gasteiger partial charge in [-0.15, -0.1) is 0 Å². The van der Waals surface area contributed by atoms with Crippen molar-refractivity contribution in [2.24, 2.45) is 5.73 Å². The van der Waals surface area contributed by atoms with Gasteiger partial charge in [0.15, 0.2) is 0 Å². The van der Waals surface area contributed by atoms with Gasteiger partial charge in [-0.25, -0.2) is 4.79 Å². The van der Waals surface area contributed by atoms with Crippen LogP contribution in [-0.2, 0) is 35.2 Å². The molecule has 0 aromatic heterocycles. The number of carboxylic acid groups (broad SMARTS) is 3. The van der Waals surface area contributed by atoms with Crippen LogP contribution in [0.1, 0.15) is 25.3 Å². The highest BCUT2D eigenvalue weighted by Crippen LogP contribution is 2.11.